The number of carbonyl (C=O) groups is 2. The summed E-state index contributed by atoms with van der Waals surface area (Å²) in [5.41, 5.74) is 2.86. The summed E-state index contributed by atoms with van der Waals surface area (Å²) in [6, 6.07) is 5.09. The monoisotopic (exact) mass is 461 g/mol. The van der Waals surface area contributed by atoms with E-state index >= 15 is 0 Å². The van der Waals surface area contributed by atoms with Gasteiger partial charge in [0.1, 0.15) is 11.5 Å². The minimum atomic E-state index is -0.605. The van der Waals surface area contributed by atoms with E-state index in [1.807, 2.05) is 37.1 Å². The molecule has 5 rings (SSSR count). The van der Waals surface area contributed by atoms with Gasteiger partial charge in [0.05, 0.1) is 17.8 Å². The van der Waals surface area contributed by atoms with Gasteiger partial charge in [0.25, 0.3) is 5.91 Å². The number of pyridine rings is 2. The predicted octanol–water partition coefficient (Wildman–Crippen LogP) is 4.93. The summed E-state index contributed by atoms with van der Waals surface area (Å²) in [5, 5.41) is 3.93. The van der Waals surface area contributed by atoms with Gasteiger partial charge < -0.3 is 15.2 Å². The van der Waals surface area contributed by atoms with E-state index < -0.39 is 5.82 Å². The highest BCUT2D eigenvalue weighted by molar-refractivity contribution is 5.98. The average Bonchev–Trinajstić information content (AvgIpc) is 3.60. The molecule has 0 spiro atoms. The molecular weight excluding hydrogens is 433 g/mol. The summed E-state index contributed by atoms with van der Waals surface area (Å²) in [4.78, 5) is 39.1. The Morgan fingerprint density at radius 3 is 2.76 bits per heavy atom. The van der Waals surface area contributed by atoms with Crippen molar-refractivity contribution >= 4 is 34.2 Å². The summed E-state index contributed by atoms with van der Waals surface area (Å²) in [6.45, 7) is 4.07. The van der Waals surface area contributed by atoms with Gasteiger partial charge in [-0.1, -0.05) is 19.9 Å². The zero-order valence-corrected chi connectivity index (χ0v) is 19.3. The maximum atomic E-state index is 14.4. The van der Waals surface area contributed by atoms with Crippen LogP contribution in [0.2, 0.25) is 0 Å². The second-order valence-corrected chi connectivity index (χ2v) is 9.06. The maximum Gasteiger partial charge on any atom is 0.257 e. The molecule has 2 unspecified atom stereocenters. The average molecular weight is 462 g/mol. The molecule has 1 fully saturated rings. The number of H-pyrrole nitrogens is 1. The van der Waals surface area contributed by atoms with Crippen molar-refractivity contribution < 1.29 is 14.0 Å². The molecule has 0 saturated heterocycles. The SMILES string of the molecule is CCC1C=C(c2cc(NC(=O)C3CC3)nc3[nH]ccc23)CC(CC)N1C(=O)c1ccncc1F. The number of aromatic amines is 1. The van der Waals surface area contributed by atoms with E-state index in [-0.39, 0.29) is 35.4 Å². The Bertz CT molecular complexity index is 1280. The molecule has 1 aliphatic carbocycles. The normalized spacial score (nSPS) is 20.3. The minimum absolute atomic E-state index is 0.0102. The number of carbonyl (C=O) groups excluding carboxylic acids is 2. The molecule has 3 aromatic rings. The second-order valence-electron chi connectivity index (χ2n) is 9.06. The van der Waals surface area contributed by atoms with Gasteiger partial charge in [0.15, 0.2) is 5.82 Å². The van der Waals surface area contributed by atoms with Crippen molar-refractivity contribution in [2.24, 2.45) is 5.92 Å². The lowest BCUT2D eigenvalue weighted by Gasteiger charge is -2.41. The molecular formula is C26H28FN5O2. The Morgan fingerprint density at radius 1 is 1.24 bits per heavy atom. The number of hydrogen-bond donors (Lipinski definition) is 2. The third kappa shape index (κ3) is 4.08. The Labute approximate surface area is 197 Å². The van der Waals surface area contributed by atoms with Crippen LogP contribution in [0.1, 0.15) is 61.9 Å². The van der Waals surface area contributed by atoms with Gasteiger partial charge in [-0.25, -0.2) is 9.37 Å². The van der Waals surface area contributed by atoms with Crippen LogP contribution in [0.25, 0.3) is 16.6 Å². The van der Waals surface area contributed by atoms with E-state index in [4.69, 9.17) is 0 Å². The van der Waals surface area contributed by atoms with Gasteiger partial charge in [-0.3, -0.25) is 14.6 Å². The number of halogens is 1. The smallest absolute Gasteiger partial charge is 0.257 e. The van der Waals surface area contributed by atoms with Crippen molar-refractivity contribution in [1.29, 1.82) is 0 Å². The van der Waals surface area contributed by atoms with Gasteiger partial charge in [-0.2, -0.15) is 0 Å². The molecule has 2 atom stereocenters. The summed E-state index contributed by atoms with van der Waals surface area (Å²) < 4.78 is 14.4. The summed E-state index contributed by atoms with van der Waals surface area (Å²) in [6.07, 6.45) is 10.4. The fourth-order valence-corrected chi connectivity index (χ4v) is 4.80. The van der Waals surface area contributed by atoms with Crippen molar-refractivity contribution in [1.82, 2.24) is 19.9 Å². The molecule has 2 amide bonds. The van der Waals surface area contributed by atoms with Crippen LogP contribution in [0.4, 0.5) is 10.2 Å². The molecule has 7 nitrogen and oxygen atoms in total. The van der Waals surface area contributed by atoms with Crippen LogP contribution in [-0.2, 0) is 4.79 Å². The van der Waals surface area contributed by atoms with Crippen molar-refractivity contribution in [3.63, 3.8) is 0 Å². The van der Waals surface area contributed by atoms with Crippen molar-refractivity contribution in [2.45, 2.75) is 58.0 Å². The number of nitrogens with zero attached hydrogens (tertiary/aromatic N) is 3. The molecule has 176 valence electrons. The Hall–Kier alpha value is -3.55. The number of aromatic nitrogens is 3. The topological polar surface area (TPSA) is 91.0 Å². The highest BCUT2D eigenvalue weighted by atomic mass is 19.1. The van der Waals surface area contributed by atoms with Crippen molar-refractivity contribution in [3.05, 3.63) is 59.8 Å². The first-order valence-electron chi connectivity index (χ1n) is 11.9. The zero-order chi connectivity index (χ0) is 23.8. The number of amides is 2. The Kier molecular flexibility index (Phi) is 5.89. The highest BCUT2D eigenvalue weighted by Gasteiger charge is 2.35. The van der Waals surface area contributed by atoms with Gasteiger partial charge in [-0.15, -0.1) is 0 Å². The number of rotatable bonds is 6. The molecule has 0 radical (unpaired) electrons. The molecule has 4 heterocycles. The van der Waals surface area contributed by atoms with E-state index in [0.717, 1.165) is 42.0 Å². The molecule has 34 heavy (non-hydrogen) atoms. The second kappa shape index (κ2) is 9.00. The molecule has 2 N–H and O–H groups in total. The molecule has 3 aromatic heterocycles. The largest absolute Gasteiger partial charge is 0.346 e. The number of nitrogens with one attached hydrogen (secondary N) is 2. The standard InChI is InChI=1S/C26H28FN5O2/c1-3-17-11-16(12-18(4-2)32(17)26(34)20-7-9-28-14-22(20)27)21-13-23(31-25(33)15-5-6-15)30-24-19(21)8-10-29-24/h7-11,13-15,17-18H,3-6,12H2,1-2H3,(H2,29,30,31,33). The molecule has 1 saturated carbocycles. The van der Waals surface area contributed by atoms with Crippen LogP contribution in [0.15, 0.2) is 42.9 Å². The molecule has 0 bridgehead atoms. The molecule has 2 aliphatic rings. The number of hydrogen-bond acceptors (Lipinski definition) is 4. The third-order valence-corrected chi connectivity index (χ3v) is 6.80. The van der Waals surface area contributed by atoms with E-state index in [9.17, 15) is 14.0 Å². The van der Waals surface area contributed by atoms with Crippen LogP contribution in [-0.4, -0.2) is 43.7 Å². The lowest BCUT2D eigenvalue weighted by Crippen LogP contribution is -2.48. The minimum Gasteiger partial charge on any atom is -0.346 e. The zero-order valence-electron chi connectivity index (χ0n) is 19.3. The quantitative estimate of drug-likeness (QED) is 0.544. The first kappa shape index (κ1) is 22.3. The Balaban J connectivity index is 1.53. The van der Waals surface area contributed by atoms with E-state index in [2.05, 4.69) is 26.3 Å². The lowest BCUT2D eigenvalue weighted by molar-refractivity contribution is -0.117. The molecule has 8 heteroatoms. The first-order chi connectivity index (χ1) is 16.5. The van der Waals surface area contributed by atoms with Gasteiger partial charge in [0, 0.05) is 29.7 Å². The van der Waals surface area contributed by atoms with Crippen LogP contribution >= 0.6 is 0 Å². The van der Waals surface area contributed by atoms with E-state index in [1.54, 1.807) is 0 Å². The molecule has 0 aromatic carbocycles. The van der Waals surface area contributed by atoms with E-state index in [0.29, 0.717) is 24.3 Å². The summed E-state index contributed by atoms with van der Waals surface area (Å²) in [5.74, 6) is -0.295. The first-order valence-corrected chi connectivity index (χ1v) is 11.9. The predicted molar refractivity (Wildman–Crippen MR) is 129 cm³/mol. The van der Waals surface area contributed by atoms with Crippen molar-refractivity contribution in [3.8, 4) is 0 Å². The number of anilines is 1. The van der Waals surface area contributed by atoms with Gasteiger partial charge in [0.2, 0.25) is 5.91 Å². The number of fused-ring (bicyclic) bond motifs is 1. The fraction of sp³-hybridized carbons (Fsp3) is 0.385. The Morgan fingerprint density at radius 2 is 2.06 bits per heavy atom. The highest BCUT2D eigenvalue weighted by Crippen LogP contribution is 2.37. The maximum absolute atomic E-state index is 14.4. The third-order valence-electron chi connectivity index (χ3n) is 6.80. The molecule has 1 aliphatic heterocycles. The summed E-state index contributed by atoms with van der Waals surface area (Å²) in [7, 11) is 0. The lowest BCUT2D eigenvalue weighted by atomic mass is 9.87. The van der Waals surface area contributed by atoms with Crippen LogP contribution < -0.4 is 5.32 Å². The van der Waals surface area contributed by atoms with Crippen molar-refractivity contribution in [2.75, 3.05) is 5.32 Å². The van der Waals surface area contributed by atoms with Gasteiger partial charge >= 0.3 is 0 Å². The van der Waals surface area contributed by atoms with Crippen LogP contribution in [0, 0.1) is 11.7 Å². The van der Waals surface area contributed by atoms with E-state index in [1.165, 1.54) is 12.3 Å². The summed E-state index contributed by atoms with van der Waals surface area (Å²) >= 11 is 0. The fourth-order valence-electron chi connectivity index (χ4n) is 4.80. The van der Waals surface area contributed by atoms with Crippen LogP contribution in [0.5, 0.6) is 0 Å². The van der Waals surface area contributed by atoms with Crippen LogP contribution in [0.3, 0.4) is 0 Å². The van der Waals surface area contributed by atoms with Gasteiger partial charge in [-0.05, 0) is 61.4 Å².